The highest BCUT2D eigenvalue weighted by Gasteiger charge is 2.48. The van der Waals surface area contributed by atoms with E-state index in [2.05, 4.69) is 19.2 Å². The lowest BCUT2D eigenvalue weighted by molar-refractivity contribution is 0.0309. The van der Waals surface area contributed by atoms with Crippen molar-refractivity contribution in [2.45, 2.75) is 51.1 Å². The van der Waals surface area contributed by atoms with Crippen LogP contribution in [0.25, 0.3) is 0 Å². The van der Waals surface area contributed by atoms with Crippen molar-refractivity contribution < 1.29 is 0 Å². The summed E-state index contributed by atoms with van der Waals surface area (Å²) in [5.74, 6) is 0.839. The molecular formula is C9H17N. The highest BCUT2D eigenvalue weighted by Crippen LogP contribution is 2.44. The third-order valence-corrected chi connectivity index (χ3v) is 3.22. The topological polar surface area (TPSA) is 12.0 Å². The van der Waals surface area contributed by atoms with E-state index in [1.165, 1.54) is 25.7 Å². The Balaban J connectivity index is 1.82. The van der Waals surface area contributed by atoms with Crippen LogP contribution < -0.4 is 5.32 Å². The fourth-order valence-electron chi connectivity index (χ4n) is 2.15. The van der Waals surface area contributed by atoms with Crippen LogP contribution in [0.1, 0.15) is 39.5 Å². The van der Waals surface area contributed by atoms with Crippen LogP contribution in [-0.4, -0.2) is 11.6 Å². The van der Waals surface area contributed by atoms with Gasteiger partial charge in [-0.2, -0.15) is 0 Å². The molecule has 1 heteroatoms. The zero-order valence-electron chi connectivity index (χ0n) is 6.98. The standard InChI is InChI=1S/C9H17N/c1-7(2)8-6-9(10-8)4-3-5-9/h7-8,10H,3-6H2,1-2H3. The molecule has 2 fully saturated rings. The number of hydrogen-bond acceptors (Lipinski definition) is 1. The second-order valence-corrected chi connectivity index (χ2v) is 4.33. The van der Waals surface area contributed by atoms with Gasteiger partial charge in [0.25, 0.3) is 0 Å². The van der Waals surface area contributed by atoms with Crippen LogP contribution in [0.3, 0.4) is 0 Å². The average molecular weight is 139 g/mol. The fraction of sp³-hybridized carbons (Fsp3) is 1.00. The minimum absolute atomic E-state index is 0.648. The lowest BCUT2D eigenvalue weighted by atomic mass is 9.65. The maximum absolute atomic E-state index is 3.69. The molecular weight excluding hydrogens is 122 g/mol. The molecule has 1 N–H and O–H groups in total. The van der Waals surface area contributed by atoms with Gasteiger partial charge in [-0.1, -0.05) is 13.8 Å². The summed E-state index contributed by atoms with van der Waals surface area (Å²) in [6.45, 7) is 4.62. The van der Waals surface area contributed by atoms with E-state index in [1.807, 2.05) is 0 Å². The molecule has 0 aromatic rings. The lowest BCUT2D eigenvalue weighted by Crippen LogP contribution is -2.68. The van der Waals surface area contributed by atoms with Gasteiger partial charge in [-0.25, -0.2) is 0 Å². The maximum Gasteiger partial charge on any atom is 0.0199 e. The van der Waals surface area contributed by atoms with Gasteiger partial charge in [-0.3, -0.25) is 0 Å². The summed E-state index contributed by atoms with van der Waals surface area (Å²) >= 11 is 0. The Morgan fingerprint density at radius 2 is 2.00 bits per heavy atom. The van der Waals surface area contributed by atoms with Gasteiger partial charge in [-0.15, -0.1) is 0 Å². The van der Waals surface area contributed by atoms with Gasteiger partial charge in [-0.05, 0) is 31.6 Å². The van der Waals surface area contributed by atoms with E-state index in [4.69, 9.17) is 0 Å². The van der Waals surface area contributed by atoms with E-state index in [0.29, 0.717) is 5.54 Å². The van der Waals surface area contributed by atoms with E-state index >= 15 is 0 Å². The summed E-state index contributed by atoms with van der Waals surface area (Å²) in [4.78, 5) is 0. The molecule has 2 rings (SSSR count). The second kappa shape index (κ2) is 1.97. The van der Waals surface area contributed by atoms with Gasteiger partial charge in [0.2, 0.25) is 0 Å². The Labute approximate surface area is 63.2 Å². The summed E-state index contributed by atoms with van der Waals surface area (Å²) in [5, 5.41) is 3.69. The van der Waals surface area contributed by atoms with Crippen molar-refractivity contribution in [3.05, 3.63) is 0 Å². The van der Waals surface area contributed by atoms with E-state index < -0.39 is 0 Å². The molecule has 58 valence electrons. The molecule has 0 aromatic heterocycles. The number of nitrogens with one attached hydrogen (secondary N) is 1. The lowest BCUT2D eigenvalue weighted by Gasteiger charge is -2.56. The van der Waals surface area contributed by atoms with Gasteiger partial charge >= 0.3 is 0 Å². The van der Waals surface area contributed by atoms with Crippen LogP contribution in [0.5, 0.6) is 0 Å². The molecule has 1 saturated carbocycles. The van der Waals surface area contributed by atoms with Gasteiger partial charge in [0.15, 0.2) is 0 Å². The van der Waals surface area contributed by atoms with E-state index in [9.17, 15) is 0 Å². The Kier molecular flexibility index (Phi) is 1.31. The maximum atomic E-state index is 3.69. The van der Waals surface area contributed by atoms with Crippen molar-refractivity contribution in [3.63, 3.8) is 0 Å². The van der Waals surface area contributed by atoms with E-state index in [-0.39, 0.29) is 0 Å². The number of hydrogen-bond donors (Lipinski definition) is 1. The molecule has 2 aliphatic rings. The van der Waals surface area contributed by atoms with Crippen molar-refractivity contribution in [1.82, 2.24) is 5.32 Å². The Morgan fingerprint density at radius 3 is 2.30 bits per heavy atom. The Morgan fingerprint density at radius 1 is 1.40 bits per heavy atom. The van der Waals surface area contributed by atoms with Gasteiger partial charge in [0.05, 0.1) is 0 Å². The number of rotatable bonds is 1. The van der Waals surface area contributed by atoms with Crippen molar-refractivity contribution in [1.29, 1.82) is 0 Å². The molecule has 1 unspecified atom stereocenters. The molecule has 0 radical (unpaired) electrons. The predicted octanol–water partition coefficient (Wildman–Crippen LogP) is 1.93. The molecule has 1 atom stereocenters. The SMILES string of the molecule is CC(C)C1CC2(CCC2)N1. The Bertz CT molecular complexity index is 128. The fourth-order valence-corrected chi connectivity index (χ4v) is 2.15. The van der Waals surface area contributed by atoms with Crippen LogP contribution in [0.4, 0.5) is 0 Å². The van der Waals surface area contributed by atoms with Crippen molar-refractivity contribution >= 4 is 0 Å². The summed E-state index contributed by atoms with van der Waals surface area (Å²) in [6.07, 6.45) is 5.79. The summed E-state index contributed by atoms with van der Waals surface area (Å²) in [5.41, 5.74) is 0.648. The van der Waals surface area contributed by atoms with Crippen LogP contribution in [0, 0.1) is 5.92 Å². The van der Waals surface area contributed by atoms with Crippen LogP contribution in [-0.2, 0) is 0 Å². The van der Waals surface area contributed by atoms with Crippen LogP contribution in [0.15, 0.2) is 0 Å². The van der Waals surface area contributed by atoms with Gasteiger partial charge < -0.3 is 5.32 Å². The van der Waals surface area contributed by atoms with E-state index in [1.54, 1.807) is 0 Å². The zero-order chi connectivity index (χ0) is 7.19. The molecule has 1 aliphatic carbocycles. The monoisotopic (exact) mass is 139 g/mol. The minimum atomic E-state index is 0.648. The smallest absolute Gasteiger partial charge is 0.0199 e. The minimum Gasteiger partial charge on any atom is -0.308 e. The third-order valence-electron chi connectivity index (χ3n) is 3.22. The molecule has 1 spiro atoms. The van der Waals surface area contributed by atoms with E-state index in [0.717, 1.165) is 12.0 Å². The largest absolute Gasteiger partial charge is 0.308 e. The van der Waals surface area contributed by atoms with Crippen molar-refractivity contribution in [2.24, 2.45) is 5.92 Å². The Hall–Kier alpha value is -0.0400. The normalized spacial score (nSPS) is 35.7. The van der Waals surface area contributed by atoms with Crippen molar-refractivity contribution in [3.8, 4) is 0 Å². The van der Waals surface area contributed by atoms with Crippen LogP contribution in [0.2, 0.25) is 0 Å². The highest BCUT2D eigenvalue weighted by atomic mass is 15.1. The molecule has 1 heterocycles. The first-order chi connectivity index (χ1) is 4.72. The summed E-state index contributed by atoms with van der Waals surface area (Å²) in [6, 6.07) is 0.834. The summed E-state index contributed by atoms with van der Waals surface area (Å²) < 4.78 is 0. The zero-order valence-corrected chi connectivity index (χ0v) is 6.98. The summed E-state index contributed by atoms with van der Waals surface area (Å²) in [7, 11) is 0. The first kappa shape index (κ1) is 6.66. The van der Waals surface area contributed by atoms with Gasteiger partial charge in [0, 0.05) is 11.6 Å². The molecule has 10 heavy (non-hydrogen) atoms. The molecule has 0 aromatic carbocycles. The third kappa shape index (κ3) is 0.800. The molecule has 0 amide bonds. The molecule has 0 bridgehead atoms. The quantitative estimate of drug-likeness (QED) is 0.585. The first-order valence-electron chi connectivity index (χ1n) is 4.50. The molecule has 1 aliphatic heterocycles. The first-order valence-corrected chi connectivity index (χ1v) is 4.50. The van der Waals surface area contributed by atoms with Crippen molar-refractivity contribution in [2.75, 3.05) is 0 Å². The average Bonchev–Trinajstić information content (AvgIpc) is 1.54. The van der Waals surface area contributed by atoms with Crippen LogP contribution >= 0.6 is 0 Å². The predicted molar refractivity (Wildman–Crippen MR) is 43.0 cm³/mol. The highest BCUT2D eigenvalue weighted by molar-refractivity contribution is 5.08. The molecule has 1 saturated heterocycles. The van der Waals surface area contributed by atoms with Gasteiger partial charge in [0.1, 0.15) is 0 Å². The second-order valence-electron chi connectivity index (χ2n) is 4.33. The molecule has 1 nitrogen and oxygen atoms in total.